The predicted molar refractivity (Wildman–Crippen MR) is 133 cm³/mol. The van der Waals surface area contributed by atoms with Crippen molar-refractivity contribution in [1.29, 1.82) is 0 Å². The van der Waals surface area contributed by atoms with E-state index in [0.717, 1.165) is 37.8 Å². The van der Waals surface area contributed by atoms with E-state index in [1.54, 1.807) is 17.2 Å². The van der Waals surface area contributed by atoms with Crippen molar-refractivity contribution < 1.29 is 14.3 Å². The summed E-state index contributed by atoms with van der Waals surface area (Å²) < 4.78 is 5.88. The minimum Gasteiger partial charge on any atom is -0.492 e. The average Bonchev–Trinajstić information content (AvgIpc) is 3.16. The summed E-state index contributed by atoms with van der Waals surface area (Å²) in [7, 11) is 1.83. The first-order valence-corrected chi connectivity index (χ1v) is 11.9. The Morgan fingerprint density at radius 2 is 1.88 bits per heavy atom. The molecule has 0 unspecified atom stereocenters. The van der Waals surface area contributed by atoms with Crippen molar-refractivity contribution in [3.8, 4) is 5.75 Å². The van der Waals surface area contributed by atoms with Gasteiger partial charge in [-0.2, -0.15) is 0 Å². The number of nitrogens with one attached hydrogen (secondary N) is 3. The van der Waals surface area contributed by atoms with Crippen LogP contribution in [0.15, 0.2) is 30.7 Å². The number of aromatic nitrogens is 2. The van der Waals surface area contributed by atoms with Crippen LogP contribution in [0.2, 0.25) is 5.02 Å². The van der Waals surface area contributed by atoms with E-state index in [1.165, 1.54) is 6.33 Å². The average molecular weight is 485 g/mol. The highest BCUT2D eigenvalue weighted by Crippen LogP contribution is 2.35. The molecule has 1 aromatic carbocycles. The summed E-state index contributed by atoms with van der Waals surface area (Å²) in [6.07, 6.45) is 8.07. The summed E-state index contributed by atoms with van der Waals surface area (Å²) in [5.41, 5.74) is 1.78. The standard InChI is InChI=1S/C24H29ClN6O3/c1-31-11-6-10-26-22-21-17(24(33)30-23(21)29-15-28-22)14-27-16-8-9-18(25)19(13-16)34-12-5-3-2-4-7-20(31)32/h8-9,13-15,27H,2-7,10-12H2,1H3,(H2,26,28,29,30,33)/b17-14-. The van der Waals surface area contributed by atoms with Crippen molar-refractivity contribution in [2.24, 2.45) is 0 Å². The van der Waals surface area contributed by atoms with Crippen LogP contribution in [-0.4, -0.2) is 53.4 Å². The lowest BCUT2D eigenvalue weighted by Crippen LogP contribution is -2.28. The number of hydrogen-bond donors (Lipinski definition) is 3. The minimum atomic E-state index is -0.264. The summed E-state index contributed by atoms with van der Waals surface area (Å²) in [6, 6.07) is 5.39. The number of halogens is 1. The van der Waals surface area contributed by atoms with Gasteiger partial charge >= 0.3 is 0 Å². The Kier molecular flexibility index (Phi) is 7.84. The molecule has 3 heterocycles. The van der Waals surface area contributed by atoms with Crippen molar-refractivity contribution in [2.75, 3.05) is 42.7 Å². The molecule has 2 amide bonds. The number of amides is 2. The molecule has 2 bridgehead atoms. The Morgan fingerprint density at radius 3 is 2.76 bits per heavy atom. The molecule has 0 atom stereocenters. The topological polar surface area (TPSA) is 108 Å². The smallest absolute Gasteiger partial charge is 0.259 e. The van der Waals surface area contributed by atoms with Gasteiger partial charge in [0.2, 0.25) is 5.91 Å². The largest absolute Gasteiger partial charge is 0.492 e. The Bertz CT molecular complexity index is 1090. The van der Waals surface area contributed by atoms with Crippen molar-refractivity contribution in [3.05, 3.63) is 41.3 Å². The molecule has 0 saturated heterocycles. The first kappa shape index (κ1) is 23.8. The molecule has 34 heavy (non-hydrogen) atoms. The summed E-state index contributed by atoms with van der Waals surface area (Å²) in [6.45, 7) is 1.79. The van der Waals surface area contributed by atoms with Gasteiger partial charge in [-0.15, -0.1) is 0 Å². The zero-order chi connectivity index (χ0) is 23.9. The van der Waals surface area contributed by atoms with E-state index in [-0.39, 0.29) is 11.8 Å². The third kappa shape index (κ3) is 5.77. The zero-order valence-corrected chi connectivity index (χ0v) is 20.0. The van der Waals surface area contributed by atoms with Gasteiger partial charge in [0, 0.05) is 44.5 Å². The van der Waals surface area contributed by atoms with Crippen molar-refractivity contribution in [3.63, 3.8) is 0 Å². The van der Waals surface area contributed by atoms with Gasteiger partial charge in [0.05, 0.1) is 22.8 Å². The van der Waals surface area contributed by atoms with Crippen LogP contribution in [0.25, 0.3) is 5.57 Å². The molecule has 2 aliphatic rings. The fraction of sp³-hybridized carbons (Fsp3) is 0.417. The van der Waals surface area contributed by atoms with Crippen molar-refractivity contribution in [2.45, 2.75) is 38.5 Å². The fourth-order valence-corrected chi connectivity index (χ4v) is 4.08. The first-order chi connectivity index (χ1) is 16.5. The second-order valence-corrected chi connectivity index (χ2v) is 8.76. The van der Waals surface area contributed by atoms with Crippen LogP contribution in [0, 0.1) is 0 Å². The van der Waals surface area contributed by atoms with Gasteiger partial charge in [-0.3, -0.25) is 9.59 Å². The Balaban J connectivity index is 1.57. The van der Waals surface area contributed by atoms with E-state index in [0.29, 0.717) is 59.7 Å². The number of ether oxygens (including phenoxy) is 1. The molecule has 10 heteroatoms. The van der Waals surface area contributed by atoms with Crippen LogP contribution >= 0.6 is 11.6 Å². The van der Waals surface area contributed by atoms with Gasteiger partial charge in [0.1, 0.15) is 23.7 Å². The third-order valence-corrected chi connectivity index (χ3v) is 6.15. The van der Waals surface area contributed by atoms with E-state index in [9.17, 15) is 9.59 Å². The number of rotatable bonds is 0. The lowest BCUT2D eigenvalue weighted by atomic mass is 10.1. The number of carbonyl (C=O) groups excluding carboxylic acids is 2. The fourth-order valence-electron chi connectivity index (χ4n) is 3.91. The Labute approximate surface area is 203 Å². The first-order valence-electron chi connectivity index (χ1n) is 11.6. The normalized spacial score (nSPS) is 19.4. The molecule has 0 fully saturated rings. The van der Waals surface area contributed by atoms with Crippen molar-refractivity contribution >= 4 is 46.3 Å². The van der Waals surface area contributed by atoms with E-state index < -0.39 is 0 Å². The number of fused-ring (bicyclic) bond motifs is 2. The summed E-state index contributed by atoms with van der Waals surface area (Å²) in [4.78, 5) is 35.3. The highest BCUT2D eigenvalue weighted by Gasteiger charge is 2.29. The maximum absolute atomic E-state index is 12.6. The maximum atomic E-state index is 12.6. The Hall–Kier alpha value is -3.33. The number of carbonyl (C=O) groups is 2. The third-order valence-electron chi connectivity index (χ3n) is 5.84. The van der Waals surface area contributed by atoms with Gasteiger partial charge < -0.3 is 25.6 Å². The number of anilines is 3. The molecule has 4 rings (SSSR count). The molecule has 0 spiro atoms. The van der Waals surface area contributed by atoms with Gasteiger partial charge in [-0.25, -0.2) is 9.97 Å². The molecule has 2 aromatic rings. The quantitative estimate of drug-likeness (QED) is 0.515. The monoisotopic (exact) mass is 484 g/mol. The molecule has 0 saturated carbocycles. The molecular formula is C24H29ClN6O3. The Morgan fingerprint density at radius 1 is 1.06 bits per heavy atom. The summed E-state index contributed by atoms with van der Waals surface area (Å²) in [5.74, 6) is 1.49. The predicted octanol–water partition coefficient (Wildman–Crippen LogP) is 4.14. The van der Waals surface area contributed by atoms with Crippen LogP contribution in [0.3, 0.4) is 0 Å². The molecule has 1 aromatic heterocycles. The molecule has 9 nitrogen and oxygen atoms in total. The minimum absolute atomic E-state index is 0.153. The number of nitrogens with zero attached hydrogens (tertiary/aromatic N) is 3. The van der Waals surface area contributed by atoms with E-state index >= 15 is 0 Å². The second-order valence-electron chi connectivity index (χ2n) is 8.36. The second kappa shape index (κ2) is 11.2. The van der Waals surface area contributed by atoms with E-state index in [4.69, 9.17) is 16.3 Å². The van der Waals surface area contributed by atoms with Gasteiger partial charge in [0.15, 0.2) is 0 Å². The van der Waals surface area contributed by atoms with E-state index in [2.05, 4.69) is 25.9 Å². The maximum Gasteiger partial charge on any atom is 0.259 e. The molecular weight excluding hydrogens is 456 g/mol. The van der Waals surface area contributed by atoms with Crippen LogP contribution in [0.1, 0.15) is 44.1 Å². The number of hydrogen-bond acceptors (Lipinski definition) is 7. The summed E-state index contributed by atoms with van der Waals surface area (Å²) in [5, 5.41) is 9.76. The van der Waals surface area contributed by atoms with Crippen LogP contribution in [0.5, 0.6) is 5.75 Å². The van der Waals surface area contributed by atoms with Gasteiger partial charge in [-0.1, -0.05) is 24.4 Å². The highest BCUT2D eigenvalue weighted by molar-refractivity contribution is 6.33. The van der Waals surface area contributed by atoms with Gasteiger partial charge in [0.25, 0.3) is 5.91 Å². The summed E-state index contributed by atoms with van der Waals surface area (Å²) >= 11 is 6.30. The molecule has 0 aliphatic carbocycles. The molecule has 3 N–H and O–H groups in total. The number of benzene rings is 1. The SMILES string of the molecule is CN1CCCNc2ncnc3c2/C(=C/Nc2ccc(Cl)c(c2)OCCCCCCC1=O)C(=O)N3. The molecule has 2 aliphatic heterocycles. The lowest BCUT2D eigenvalue weighted by molar-refractivity contribution is -0.130. The van der Waals surface area contributed by atoms with Crippen molar-refractivity contribution in [1.82, 2.24) is 14.9 Å². The van der Waals surface area contributed by atoms with Crippen LogP contribution in [-0.2, 0) is 9.59 Å². The molecule has 180 valence electrons. The van der Waals surface area contributed by atoms with Crippen LogP contribution in [0.4, 0.5) is 17.3 Å². The lowest BCUT2D eigenvalue weighted by Gasteiger charge is -2.17. The van der Waals surface area contributed by atoms with Gasteiger partial charge in [-0.05, 0) is 31.4 Å². The van der Waals surface area contributed by atoms with Crippen LogP contribution < -0.4 is 20.7 Å². The zero-order valence-electron chi connectivity index (χ0n) is 19.2. The van der Waals surface area contributed by atoms with E-state index in [1.807, 2.05) is 19.2 Å². The highest BCUT2D eigenvalue weighted by atomic mass is 35.5. The molecule has 0 radical (unpaired) electrons.